The Bertz CT molecular complexity index is 608. The summed E-state index contributed by atoms with van der Waals surface area (Å²) >= 11 is 0. The smallest absolute Gasteiger partial charge is 0.323 e. The van der Waals surface area contributed by atoms with Crippen LogP contribution in [-0.4, -0.2) is 28.6 Å². The number of ether oxygens (including phenoxy) is 1. The molecule has 2 rings (SSSR count). The van der Waals surface area contributed by atoms with Crippen LogP contribution in [-0.2, 0) is 6.54 Å². The number of benzene rings is 1. The van der Waals surface area contributed by atoms with E-state index < -0.39 is 0 Å². The van der Waals surface area contributed by atoms with Crippen molar-refractivity contribution >= 4 is 11.9 Å². The summed E-state index contributed by atoms with van der Waals surface area (Å²) in [6.45, 7) is 2.80. The van der Waals surface area contributed by atoms with Crippen LogP contribution in [0, 0.1) is 5.82 Å². The van der Waals surface area contributed by atoms with Gasteiger partial charge in [-0.25, -0.2) is 4.39 Å². The highest BCUT2D eigenvalue weighted by Gasteiger charge is 2.12. The van der Waals surface area contributed by atoms with E-state index in [1.807, 2.05) is 6.92 Å². The fourth-order valence-electron chi connectivity index (χ4n) is 1.74. The van der Waals surface area contributed by atoms with Gasteiger partial charge in [-0.3, -0.25) is 0 Å². The van der Waals surface area contributed by atoms with Crippen LogP contribution in [0.3, 0.4) is 0 Å². The van der Waals surface area contributed by atoms with E-state index in [9.17, 15) is 4.39 Å². The second-order valence-corrected chi connectivity index (χ2v) is 4.57. The molecule has 1 aromatic carbocycles. The summed E-state index contributed by atoms with van der Waals surface area (Å²) in [5.74, 6) is 0.150. The molecule has 21 heavy (non-hydrogen) atoms. The summed E-state index contributed by atoms with van der Waals surface area (Å²) < 4.78 is 19.0. The molecule has 0 radical (unpaired) electrons. The average Bonchev–Trinajstić information content (AvgIpc) is 2.47. The van der Waals surface area contributed by atoms with Crippen molar-refractivity contribution in [2.45, 2.75) is 19.9 Å². The standard InChI is InChI=1S/C14H18FN5O/c1-3-8-21-14-18-12(16)17-13(19-14)20(2)9-10-6-4-5-7-11(10)15/h4-7H,3,8-9H2,1-2H3,(H2,16,17,18,19). The number of hydrogen-bond acceptors (Lipinski definition) is 6. The number of rotatable bonds is 6. The molecule has 7 heteroatoms. The number of halogens is 1. The number of nitrogen functional groups attached to an aromatic ring is 1. The lowest BCUT2D eigenvalue weighted by atomic mass is 10.2. The van der Waals surface area contributed by atoms with Crippen LogP contribution in [0.1, 0.15) is 18.9 Å². The molecule has 0 saturated heterocycles. The van der Waals surface area contributed by atoms with E-state index in [-0.39, 0.29) is 17.8 Å². The zero-order valence-corrected chi connectivity index (χ0v) is 12.1. The minimum Gasteiger partial charge on any atom is -0.463 e. The molecule has 1 aromatic heterocycles. The largest absolute Gasteiger partial charge is 0.463 e. The van der Waals surface area contributed by atoms with Crippen molar-refractivity contribution < 1.29 is 9.13 Å². The molecule has 0 fully saturated rings. The van der Waals surface area contributed by atoms with E-state index >= 15 is 0 Å². The summed E-state index contributed by atoms with van der Waals surface area (Å²) in [6.07, 6.45) is 0.839. The second-order valence-electron chi connectivity index (χ2n) is 4.57. The zero-order chi connectivity index (χ0) is 15.2. The molecular formula is C14H18FN5O. The van der Waals surface area contributed by atoms with Crippen molar-refractivity contribution in [2.75, 3.05) is 24.3 Å². The van der Waals surface area contributed by atoms with Gasteiger partial charge >= 0.3 is 6.01 Å². The highest BCUT2D eigenvalue weighted by molar-refractivity contribution is 5.36. The summed E-state index contributed by atoms with van der Waals surface area (Å²) in [4.78, 5) is 13.8. The quantitative estimate of drug-likeness (QED) is 0.877. The van der Waals surface area contributed by atoms with Gasteiger partial charge in [0, 0.05) is 19.2 Å². The first-order valence-electron chi connectivity index (χ1n) is 6.69. The van der Waals surface area contributed by atoms with E-state index in [4.69, 9.17) is 10.5 Å². The van der Waals surface area contributed by atoms with Crippen LogP contribution >= 0.6 is 0 Å². The SMILES string of the molecule is CCCOc1nc(N)nc(N(C)Cc2ccccc2F)n1. The predicted octanol–water partition coefficient (Wildman–Crippen LogP) is 2.02. The number of nitrogens with two attached hydrogens (primary N) is 1. The third-order valence-electron chi connectivity index (χ3n) is 2.76. The topological polar surface area (TPSA) is 77.2 Å². The Labute approximate surface area is 122 Å². The summed E-state index contributed by atoms with van der Waals surface area (Å²) in [6, 6.07) is 6.74. The van der Waals surface area contributed by atoms with Gasteiger partial charge in [0.1, 0.15) is 5.82 Å². The molecule has 112 valence electrons. The first-order chi connectivity index (χ1) is 10.1. The Balaban J connectivity index is 2.16. The Kier molecular flexibility index (Phi) is 4.86. The average molecular weight is 291 g/mol. The fourth-order valence-corrected chi connectivity index (χ4v) is 1.74. The maximum absolute atomic E-state index is 13.7. The van der Waals surface area contributed by atoms with E-state index in [0.717, 1.165) is 6.42 Å². The molecule has 2 aromatic rings. The van der Waals surface area contributed by atoms with Crippen molar-refractivity contribution in [3.8, 4) is 6.01 Å². The number of anilines is 2. The Morgan fingerprint density at radius 1 is 1.24 bits per heavy atom. The van der Waals surface area contributed by atoms with E-state index in [1.165, 1.54) is 6.07 Å². The van der Waals surface area contributed by atoms with Crippen LogP contribution in [0.25, 0.3) is 0 Å². The molecule has 0 unspecified atom stereocenters. The minimum atomic E-state index is -0.270. The fraction of sp³-hybridized carbons (Fsp3) is 0.357. The zero-order valence-electron chi connectivity index (χ0n) is 12.1. The van der Waals surface area contributed by atoms with Crippen LogP contribution in [0.4, 0.5) is 16.3 Å². The van der Waals surface area contributed by atoms with Gasteiger partial charge < -0.3 is 15.4 Å². The summed E-state index contributed by atoms with van der Waals surface area (Å²) in [5.41, 5.74) is 6.20. The lowest BCUT2D eigenvalue weighted by Gasteiger charge is -2.18. The van der Waals surface area contributed by atoms with Crippen molar-refractivity contribution in [1.82, 2.24) is 15.0 Å². The van der Waals surface area contributed by atoms with Crippen LogP contribution in [0.2, 0.25) is 0 Å². The maximum atomic E-state index is 13.7. The second kappa shape index (κ2) is 6.83. The minimum absolute atomic E-state index is 0.0755. The van der Waals surface area contributed by atoms with Crippen molar-refractivity contribution in [1.29, 1.82) is 0 Å². The molecule has 0 amide bonds. The molecule has 0 aliphatic carbocycles. The van der Waals surface area contributed by atoms with Gasteiger partial charge in [-0.2, -0.15) is 15.0 Å². The van der Waals surface area contributed by atoms with Crippen LogP contribution < -0.4 is 15.4 Å². The Morgan fingerprint density at radius 2 is 2.00 bits per heavy atom. The molecule has 0 saturated carbocycles. The van der Waals surface area contributed by atoms with Crippen LogP contribution in [0.5, 0.6) is 6.01 Å². The third kappa shape index (κ3) is 4.01. The van der Waals surface area contributed by atoms with Gasteiger partial charge in [0.05, 0.1) is 6.61 Å². The monoisotopic (exact) mass is 291 g/mol. The molecule has 1 heterocycles. The number of hydrogen-bond donors (Lipinski definition) is 1. The lowest BCUT2D eigenvalue weighted by molar-refractivity contribution is 0.292. The van der Waals surface area contributed by atoms with Gasteiger partial charge in [-0.05, 0) is 12.5 Å². The highest BCUT2D eigenvalue weighted by atomic mass is 19.1. The molecule has 0 atom stereocenters. The molecule has 0 aliphatic rings. The van der Waals surface area contributed by atoms with Gasteiger partial charge in [0.15, 0.2) is 0 Å². The first kappa shape index (κ1) is 15.0. The van der Waals surface area contributed by atoms with Crippen LogP contribution in [0.15, 0.2) is 24.3 Å². The molecule has 0 aliphatic heterocycles. The lowest BCUT2D eigenvalue weighted by Crippen LogP contribution is -2.21. The Morgan fingerprint density at radius 3 is 2.71 bits per heavy atom. The van der Waals surface area contributed by atoms with Crippen molar-refractivity contribution in [3.05, 3.63) is 35.6 Å². The first-order valence-corrected chi connectivity index (χ1v) is 6.69. The Hall–Kier alpha value is -2.44. The molecule has 2 N–H and O–H groups in total. The molecular weight excluding hydrogens is 273 g/mol. The van der Waals surface area contributed by atoms with Gasteiger partial charge in [-0.15, -0.1) is 0 Å². The highest BCUT2D eigenvalue weighted by Crippen LogP contribution is 2.16. The van der Waals surface area contributed by atoms with Crippen molar-refractivity contribution in [3.63, 3.8) is 0 Å². The summed E-state index contributed by atoms with van der Waals surface area (Å²) in [7, 11) is 1.75. The van der Waals surface area contributed by atoms with E-state index in [2.05, 4.69) is 15.0 Å². The van der Waals surface area contributed by atoms with Crippen molar-refractivity contribution in [2.24, 2.45) is 0 Å². The third-order valence-corrected chi connectivity index (χ3v) is 2.76. The predicted molar refractivity (Wildman–Crippen MR) is 78.5 cm³/mol. The normalized spacial score (nSPS) is 10.4. The van der Waals surface area contributed by atoms with E-state index in [1.54, 1.807) is 30.1 Å². The molecule has 0 spiro atoms. The van der Waals surface area contributed by atoms with Gasteiger partial charge in [0.25, 0.3) is 0 Å². The molecule has 0 bridgehead atoms. The molecule has 6 nitrogen and oxygen atoms in total. The summed E-state index contributed by atoms with van der Waals surface area (Å²) in [5, 5.41) is 0. The van der Waals surface area contributed by atoms with Gasteiger partial charge in [-0.1, -0.05) is 25.1 Å². The van der Waals surface area contributed by atoms with Gasteiger partial charge in [0.2, 0.25) is 11.9 Å². The van der Waals surface area contributed by atoms with E-state index in [0.29, 0.717) is 24.7 Å². The number of aromatic nitrogens is 3. The maximum Gasteiger partial charge on any atom is 0.323 e. The number of nitrogens with zero attached hydrogens (tertiary/aromatic N) is 4.